The number of carbonyl (C=O) groups is 1. The molecule has 0 aliphatic carbocycles. The highest BCUT2D eigenvalue weighted by Gasteiger charge is 2.14. The van der Waals surface area contributed by atoms with Crippen LogP contribution in [0.25, 0.3) is 22.2 Å². The monoisotopic (exact) mass is 359 g/mol. The minimum absolute atomic E-state index is 0.00483. The number of fused-ring (bicyclic) bond motifs is 1. The second kappa shape index (κ2) is 7.04. The van der Waals surface area contributed by atoms with Crippen LogP contribution in [-0.4, -0.2) is 37.5 Å². The third-order valence-corrected chi connectivity index (χ3v) is 5.11. The van der Waals surface area contributed by atoms with Gasteiger partial charge >= 0.3 is 5.97 Å². The maximum Gasteiger partial charge on any atom is 0.302 e. The van der Waals surface area contributed by atoms with Gasteiger partial charge in [-0.1, -0.05) is 12.1 Å². The number of nitrogens with one attached hydrogen (secondary N) is 2. The number of sulfonamides is 1. The first-order valence-electron chi connectivity index (χ1n) is 7.63. The third-order valence-electron chi connectivity index (χ3n) is 3.64. The predicted octanol–water partition coefficient (Wildman–Crippen LogP) is 2.07. The van der Waals surface area contributed by atoms with Gasteiger partial charge in [-0.25, -0.2) is 18.1 Å². The summed E-state index contributed by atoms with van der Waals surface area (Å²) in [5, 5.41) is 0.970. The first-order chi connectivity index (χ1) is 12.0. The summed E-state index contributed by atoms with van der Waals surface area (Å²) in [6.07, 6.45) is 3.52. The number of pyridine rings is 1. The lowest BCUT2D eigenvalue weighted by Gasteiger charge is -2.08. The van der Waals surface area contributed by atoms with Crippen LogP contribution in [0.15, 0.2) is 53.7 Å². The van der Waals surface area contributed by atoms with Crippen LogP contribution in [0.4, 0.5) is 0 Å². The highest BCUT2D eigenvalue weighted by Crippen LogP contribution is 2.27. The maximum atomic E-state index is 12.2. The largest absolute Gasteiger partial charge is 0.464 e. The van der Waals surface area contributed by atoms with Gasteiger partial charge in [-0.05, 0) is 35.4 Å². The molecule has 0 unspecified atom stereocenters. The van der Waals surface area contributed by atoms with Crippen LogP contribution in [-0.2, 0) is 19.6 Å². The SMILES string of the molecule is CC(=O)OCCNS(=O)(=O)c1ccc(-c2ccnc3[nH]ccc23)cc1. The van der Waals surface area contributed by atoms with Crippen LogP contribution in [0, 0.1) is 0 Å². The van der Waals surface area contributed by atoms with Crippen molar-refractivity contribution in [1.29, 1.82) is 0 Å². The van der Waals surface area contributed by atoms with E-state index in [0.29, 0.717) is 0 Å². The zero-order valence-corrected chi connectivity index (χ0v) is 14.3. The molecule has 0 saturated heterocycles. The molecular weight excluding hydrogens is 342 g/mol. The first kappa shape index (κ1) is 17.1. The summed E-state index contributed by atoms with van der Waals surface area (Å²) in [7, 11) is -3.65. The number of aromatic nitrogens is 2. The Balaban J connectivity index is 1.78. The van der Waals surface area contributed by atoms with Gasteiger partial charge in [0.05, 0.1) is 4.90 Å². The number of hydrogen-bond donors (Lipinski definition) is 2. The molecule has 2 N–H and O–H groups in total. The summed E-state index contributed by atoms with van der Waals surface area (Å²) in [4.78, 5) is 18.1. The number of ether oxygens (including phenoxy) is 1. The third kappa shape index (κ3) is 3.86. The van der Waals surface area contributed by atoms with Gasteiger partial charge in [-0.3, -0.25) is 4.79 Å². The minimum Gasteiger partial charge on any atom is -0.464 e. The minimum atomic E-state index is -3.65. The molecule has 0 bridgehead atoms. The standard InChI is InChI=1S/C17H17N3O4S/c1-12(21)24-11-10-20-25(22,23)14-4-2-13(3-5-14)15-6-8-18-17-16(15)7-9-19-17/h2-9,20H,10-11H2,1H3,(H,18,19). The number of H-pyrrole nitrogens is 1. The Kier molecular flexibility index (Phi) is 4.82. The summed E-state index contributed by atoms with van der Waals surface area (Å²) >= 11 is 0. The smallest absolute Gasteiger partial charge is 0.302 e. The Labute approximate surface area is 145 Å². The number of carbonyl (C=O) groups excluding carboxylic acids is 1. The second-order valence-electron chi connectivity index (χ2n) is 5.36. The lowest BCUT2D eigenvalue weighted by Crippen LogP contribution is -2.27. The summed E-state index contributed by atoms with van der Waals surface area (Å²) in [5.41, 5.74) is 2.64. The van der Waals surface area contributed by atoms with E-state index in [1.165, 1.54) is 6.92 Å². The lowest BCUT2D eigenvalue weighted by molar-refractivity contribution is -0.140. The number of benzene rings is 1. The molecule has 0 aliphatic rings. The Morgan fingerprint density at radius 1 is 1.20 bits per heavy atom. The average molecular weight is 359 g/mol. The van der Waals surface area contributed by atoms with Crippen molar-refractivity contribution in [2.45, 2.75) is 11.8 Å². The van der Waals surface area contributed by atoms with Crippen LogP contribution in [0.5, 0.6) is 0 Å². The average Bonchev–Trinajstić information content (AvgIpc) is 3.07. The number of aromatic amines is 1. The Bertz CT molecular complexity index is 994. The van der Waals surface area contributed by atoms with Gasteiger partial charge in [-0.15, -0.1) is 0 Å². The topological polar surface area (TPSA) is 101 Å². The molecule has 0 atom stereocenters. The van der Waals surface area contributed by atoms with E-state index in [-0.39, 0.29) is 18.0 Å². The molecule has 2 heterocycles. The van der Waals surface area contributed by atoms with Crippen molar-refractivity contribution in [2.24, 2.45) is 0 Å². The fraction of sp³-hybridized carbons (Fsp3) is 0.176. The predicted molar refractivity (Wildman–Crippen MR) is 93.4 cm³/mol. The van der Waals surface area contributed by atoms with E-state index in [0.717, 1.165) is 22.2 Å². The summed E-state index contributed by atoms with van der Waals surface area (Å²) in [6.45, 7) is 1.29. The van der Waals surface area contributed by atoms with E-state index in [1.807, 2.05) is 18.3 Å². The maximum absolute atomic E-state index is 12.2. The van der Waals surface area contributed by atoms with Crippen molar-refractivity contribution >= 4 is 27.0 Å². The molecule has 3 rings (SSSR count). The molecular formula is C17H17N3O4S. The van der Waals surface area contributed by atoms with Crippen LogP contribution in [0.1, 0.15) is 6.92 Å². The Hall–Kier alpha value is -2.71. The fourth-order valence-corrected chi connectivity index (χ4v) is 3.49. The van der Waals surface area contributed by atoms with Crippen molar-refractivity contribution < 1.29 is 17.9 Å². The van der Waals surface area contributed by atoms with E-state index in [4.69, 9.17) is 4.74 Å². The Morgan fingerprint density at radius 3 is 2.68 bits per heavy atom. The van der Waals surface area contributed by atoms with E-state index in [9.17, 15) is 13.2 Å². The van der Waals surface area contributed by atoms with Crippen molar-refractivity contribution in [3.8, 4) is 11.1 Å². The molecule has 2 aromatic heterocycles. The summed E-state index contributed by atoms with van der Waals surface area (Å²) in [6, 6.07) is 10.4. The molecule has 3 aromatic rings. The van der Waals surface area contributed by atoms with E-state index < -0.39 is 16.0 Å². The first-order valence-corrected chi connectivity index (χ1v) is 9.11. The highest BCUT2D eigenvalue weighted by molar-refractivity contribution is 7.89. The molecule has 0 saturated carbocycles. The number of rotatable bonds is 6. The van der Waals surface area contributed by atoms with Crippen LogP contribution >= 0.6 is 0 Å². The van der Waals surface area contributed by atoms with E-state index in [1.54, 1.807) is 30.5 Å². The van der Waals surface area contributed by atoms with Gasteiger partial charge in [-0.2, -0.15) is 0 Å². The number of hydrogen-bond acceptors (Lipinski definition) is 5. The van der Waals surface area contributed by atoms with Gasteiger partial charge in [0.1, 0.15) is 12.3 Å². The number of nitrogens with zero attached hydrogens (tertiary/aromatic N) is 1. The number of esters is 1. The normalized spacial score (nSPS) is 11.6. The molecule has 1 aromatic carbocycles. The van der Waals surface area contributed by atoms with Crippen LogP contribution in [0.2, 0.25) is 0 Å². The lowest BCUT2D eigenvalue weighted by atomic mass is 10.0. The molecule has 7 nitrogen and oxygen atoms in total. The molecule has 0 aliphatic heterocycles. The zero-order chi connectivity index (χ0) is 17.9. The van der Waals surface area contributed by atoms with Crippen molar-refractivity contribution in [1.82, 2.24) is 14.7 Å². The fourth-order valence-electron chi connectivity index (χ4n) is 2.48. The molecule has 25 heavy (non-hydrogen) atoms. The van der Waals surface area contributed by atoms with Crippen LogP contribution in [0.3, 0.4) is 0 Å². The second-order valence-corrected chi connectivity index (χ2v) is 7.13. The highest BCUT2D eigenvalue weighted by atomic mass is 32.2. The molecule has 0 amide bonds. The Morgan fingerprint density at radius 2 is 1.96 bits per heavy atom. The molecule has 0 fully saturated rings. The van der Waals surface area contributed by atoms with Gasteiger partial charge in [0.2, 0.25) is 10.0 Å². The summed E-state index contributed by atoms with van der Waals surface area (Å²) < 4.78 is 31.6. The van der Waals surface area contributed by atoms with Crippen molar-refractivity contribution in [3.05, 3.63) is 48.8 Å². The zero-order valence-electron chi connectivity index (χ0n) is 13.5. The van der Waals surface area contributed by atoms with Crippen molar-refractivity contribution in [2.75, 3.05) is 13.2 Å². The van der Waals surface area contributed by atoms with Gasteiger partial charge in [0.25, 0.3) is 0 Å². The van der Waals surface area contributed by atoms with Gasteiger partial charge < -0.3 is 9.72 Å². The molecule has 0 spiro atoms. The van der Waals surface area contributed by atoms with Gasteiger partial charge in [0.15, 0.2) is 0 Å². The van der Waals surface area contributed by atoms with Crippen molar-refractivity contribution in [3.63, 3.8) is 0 Å². The molecule has 8 heteroatoms. The molecule has 130 valence electrons. The van der Waals surface area contributed by atoms with Crippen LogP contribution < -0.4 is 4.72 Å². The van der Waals surface area contributed by atoms with Gasteiger partial charge in [0, 0.05) is 31.2 Å². The van der Waals surface area contributed by atoms with E-state index in [2.05, 4.69) is 14.7 Å². The molecule has 0 radical (unpaired) electrons. The quantitative estimate of drug-likeness (QED) is 0.518. The van der Waals surface area contributed by atoms with E-state index >= 15 is 0 Å². The summed E-state index contributed by atoms with van der Waals surface area (Å²) in [5.74, 6) is -0.447.